The minimum atomic E-state index is -0.980. The number of fused-ring (bicyclic) bond motifs is 1. The second kappa shape index (κ2) is 5.05. The van der Waals surface area contributed by atoms with E-state index in [4.69, 9.17) is 5.11 Å². The second-order valence-electron chi connectivity index (χ2n) is 4.45. The van der Waals surface area contributed by atoms with Gasteiger partial charge in [-0.1, -0.05) is 18.2 Å². The molecule has 0 amide bonds. The summed E-state index contributed by atoms with van der Waals surface area (Å²) in [4.78, 5) is 13.7. The highest BCUT2D eigenvalue weighted by Gasteiger charge is 2.14. The molecule has 0 aliphatic heterocycles. The fourth-order valence-electron chi connectivity index (χ4n) is 2.13. The van der Waals surface area contributed by atoms with Crippen LogP contribution in [-0.2, 0) is 13.0 Å². The fourth-order valence-corrected chi connectivity index (χ4v) is 3.07. The third-order valence-electron chi connectivity index (χ3n) is 3.15. The maximum absolute atomic E-state index is 11.1. The van der Waals surface area contributed by atoms with E-state index in [0.717, 1.165) is 11.9 Å². The number of aromatic carboxylic acids is 1. The zero-order chi connectivity index (χ0) is 14.1. The summed E-state index contributed by atoms with van der Waals surface area (Å²) < 4.78 is 1.74. The quantitative estimate of drug-likeness (QED) is 0.801. The highest BCUT2D eigenvalue weighted by atomic mass is 32.1. The largest absolute Gasteiger partial charge is 0.478 e. The van der Waals surface area contributed by atoms with E-state index in [9.17, 15) is 4.79 Å². The number of nitrogens with zero attached hydrogens (tertiary/aromatic N) is 3. The monoisotopic (exact) mass is 287 g/mol. The molecule has 102 valence electrons. The average Bonchev–Trinajstić information content (AvgIpc) is 3.06. The maximum Gasteiger partial charge on any atom is 0.338 e. The van der Waals surface area contributed by atoms with Crippen LogP contribution in [0.15, 0.2) is 30.3 Å². The van der Waals surface area contributed by atoms with Crippen molar-refractivity contribution in [3.63, 3.8) is 0 Å². The number of thiophene rings is 1. The predicted octanol–water partition coefficient (Wildman–Crippen LogP) is 2.80. The lowest BCUT2D eigenvalue weighted by atomic mass is 10.2. The zero-order valence-corrected chi connectivity index (χ0v) is 11.7. The number of aryl methyl sites for hydroxylation is 1. The number of aromatic nitrogens is 3. The Morgan fingerprint density at radius 2 is 2.10 bits per heavy atom. The van der Waals surface area contributed by atoms with Gasteiger partial charge in [0.2, 0.25) is 0 Å². The summed E-state index contributed by atoms with van der Waals surface area (Å²) >= 11 is 1.75. The molecule has 0 spiro atoms. The molecule has 3 aromatic rings. The molecular weight excluding hydrogens is 274 g/mol. The number of hydrogen-bond acceptors (Lipinski definition) is 4. The van der Waals surface area contributed by atoms with Gasteiger partial charge in [0.1, 0.15) is 5.52 Å². The molecule has 0 fully saturated rings. The summed E-state index contributed by atoms with van der Waals surface area (Å²) in [6.07, 6.45) is 1.02. The molecule has 2 heterocycles. The summed E-state index contributed by atoms with van der Waals surface area (Å²) in [5.74, 6) is -0.980. The first-order valence-corrected chi connectivity index (χ1v) is 7.13. The van der Waals surface area contributed by atoms with Crippen molar-refractivity contribution in [1.82, 2.24) is 15.0 Å². The van der Waals surface area contributed by atoms with E-state index >= 15 is 0 Å². The highest BCUT2D eigenvalue weighted by Crippen LogP contribution is 2.21. The van der Waals surface area contributed by atoms with E-state index in [1.165, 1.54) is 9.75 Å². The third-order valence-corrected chi connectivity index (χ3v) is 4.36. The highest BCUT2D eigenvalue weighted by molar-refractivity contribution is 7.11. The lowest BCUT2D eigenvalue weighted by molar-refractivity contribution is 0.0699. The Hall–Kier alpha value is -2.21. The first-order chi connectivity index (χ1) is 9.69. The van der Waals surface area contributed by atoms with E-state index in [2.05, 4.69) is 29.4 Å². The Morgan fingerprint density at radius 1 is 1.30 bits per heavy atom. The van der Waals surface area contributed by atoms with Crippen LogP contribution in [-0.4, -0.2) is 26.1 Å². The summed E-state index contributed by atoms with van der Waals surface area (Å²) in [5, 5.41) is 17.2. The summed E-state index contributed by atoms with van der Waals surface area (Å²) in [7, 11) is 0. The molecule has 0 aliphatic rings. The number of benzene rings is 1. The first kappa shape index (κ1) is 12.8. The molecular formula is C14H13N3O2S. The molecule has 1 aromatic carbocycles. The second-order valence-corrected chi connectivity index (χ2v) is 5.70. The minimum Gasteiger partial charge on any atom is -0.478 e. The molecule has 3 rings (SSSR count). The van der Waals surface area contributed by atoms with Gasteiger partial charge in [-0.05, 0) is 30.7 Å². The molecule has 6 heteroatoms. The zero-order valence-electron chi connectivity index (χ0n) is 10.9. The maximum atomic E-state index is 11.1. The van der Waals surface area contributed by atoms with Gasteiger partial charge in [-0.2, -0.15) is 0 Å². The van der Waals surface area contributed by atoms with Gasteiger partial charge in [-0.3, -0.25) is 0 Å². The van der Waals surface area contributed by atoms with Gasteiger partial charge in [0.15, 0.2) is 0 Å². The third kappa shape index (κ3) is 2.18. The molecule has 0 radical (unpaired) electrons. The van der Waals surface area contributed by atoms with Crippen molar-refractivity contribution in [2.75, 3.05) is 0 Å². The lowest BCUT2D eigenvalue weighted by Gasteiger charge is -2.00. The van der Waals surface area contributed by atoms with Gasteiger partial charge in [-0.15, -0.1) is 16.4 Å². The van der Waals surface area contributed by atoms with E-state index in [1.54, 1.807) is 28.2 Å². The van der Waals surface area contributed by atoms with Crippen LogP contribution in [0.25, 0.3) is 11.0 Å². The van der Waals surface area contributed by atoms with E-state index in [1.807, 2.05) is 6.07 Å². The van der Waals surface area contributed by atoms with Crippen molar-refractivity contribution < 1.29 is 9.90 Å². The first-order valence-electron chi connectivity index (χ1n) is 6.32. The average molecular weight is 287 g/mol. The van der Waals surface area contributed by atoms with Crippen molar-refractivity contribution in [2.45, 2.75) is 19.9 Å². The van der Waals surface area contributed by atoms with Crippen LogP contribution in [0.1, 0.15) is 27.0 Å². The van der Waals surface area contributed by atoms with Crippen molar-refractivity contribution >= 4 is 28.3 Å². The Balaban J connectivity index is 2.00. The molecule has 0 unspecified atom stereocenters. The van der Waals surface area contributed by atoms with Gasteiger partial charge in [-0.25, -0.2) is 9.48 Å². The number of carbonyl (C=O) groups is 1. The van der Waals surface area contributed by atoms with Crippen LogP contribution in [0.4, 0.5) is 0 Å². The number of hydrogen-bond donors (Lipinski definition) is 1. The Morgan fingerprint density at radius 3 is 2.80 bits per heavy atom. The van der Waals surface area contributed by atoms with Crippen LogP contribution in [0.2, 0.25) is 0 Å². The van der Waals surface area contributed by atoms with Gasteiger partial charge in [0.05, 0.1) is 17.6 Å². The Labute approximate surface area is 119 Å². The number of carboxylic acid groups (broad SMARTS) is 1. The molecule has 20 heavy (non-hydrogen) atoms. The Kier molecular flexibility index (Phi) is 3.23. The normalized spacial score (nSPS) is 11.1. The van der Waals surface area contributed by atoms with Gasteiger partial charge in [0.25, 0.3) is 0 Å². The van der Waals surface area contributed by atoms with Crippen LogP contribution < -0.4 is 0 Å². The minimum absolute atomic E-state index is 0.189. The number of carboxylic acids is 1. The molecule has 0 bridgehead atoms. The molecule has 1 N–H and O–H groups in total. The lowest BCUT2D eigenvalue weighted by Crippen LogP contribution is -2.00. The van der Waals surface area contributed by atoms with E-state index in [0.29, 0.717) is 12.1 Å². The van der Waals surface area contributed by atoms with Gasteiger partial charge >= 0.3 is 5.97 Å². The Bertz CT molecular complexity index is 776. The fraction of sp³-hybridized carbons (Fsp3) is 0.214. The molecule has 0 saturated heterocycles. The van der Waals surface area contributed by atoms with Crippen LogP contribution in [0.5, 0.6) is 0 Å². The van der Waals surface area contributed by atoms with Crippen LogP contribution in [0.3, 0.4) is 0 Å². The van der Waals surface area contributed by atoms with E-state index < -0.39 is 5.97 Å². The number of rotatable bonds is 4. The smallest absolute Gasteiger partial charge is 0.338 e. The van der Waals surface area contributed by atoms with Crippen molar-refractivity contribution in [2.24, 2.45) is 0 Å². The molecule has 0 atom stereocenters. The summed E-state index contributed by atoms with van der Waals surface area (Å²) in [6.45, 7) is 2.74. The summed E-state index contributed by atoms with van der Waals surface area (Å²) in [5.41, 5.74) is 1.37. The van der Waals surface area contributed by atoms with Crippen molar-refractivity contribution in [3.8, 4) is 0 Å². The van der Waals surface area contributed by atoms with Gasteiger partial charge < -0.3 is 5.11 Å². The van der Waals surface area contributed by atoms with E-state index in [-0.39, 0.29) is 5.56 Å². The molecule has 2 aromatic heterocycles. The standard InChI is InChI=1S/C14H13N3O2S/c1-2-9-6-7-10(20-9)8-17-12-5-3-4-11(14(18)19)13(12)15-16-17/h3-7H,2,8H2,1H3,(H,18,19). The van der Waals surface area contributed by atoms with Gasteiger partial charge in [0, 0.05) is 9.75 Å². The van der Waals surface area contributed by atoms with Crippen LogP contribution in [0, 0.1) is 0 Å². The topological polar surface area (TPSA) is 68.0 Å². The van der Waals surface area contributed by atoms with Crippen LogP contribution >= 0.6 is 11.3 Å². The molecule has 5 nitrogen and oxygen atoms in total. The SMILES string of the molecule is CCc1ccc(Cn2nnc3c(C(=O)O)cccc32)s1. The predicted molar refractivity (Wildman–Crippen MR) is 77.3 cm³/mol. The molecule has 0 saturated carbocycles. The van der Waals surface area contributed by atoms with Crippen molar-refractivity contribution in [1.29, 1.82) is 0 Å². The van der Waals surface area contributed by atoms with Crippen molar-refractivity contribution in [3.05, 3.63) is 45.6 Å². The summed E-state index contributed by atoms with van der Waals surface area (Å²) in [6, 6.07) is 9.30. The molecule has 0 aliphatic carbocycles.